The molecule has 0 amide bonds. The van der Waals surface area contributed by atoms with E-state index in [4.69, 9.17) is 0 Å². The second-order valence-corrected chi connectivity index (χ2v) is 5.51. The molecule has 2 aromatic heterocycles. The van der Waals surface area contributed by atoms with Crippen molar-refractivity contribution in [3.05, 3.63) is 48.5 Å². The van der Waals surface area contributed by atoms with Gasteiger partial charge in [0.15, 0.2) is 0 Å². The summed E-state index contributed by atoms with van der Waals surface area (Å²) in [6.45, 7) is 6.69. The molecule has 0 bridgehead atoms. The standard InChI is InChI=1S/C15H18N2/c1-15(2,3)11-14-10-13(6-9-17-14)12-4-7-16-8-5-12/h4-10H,11H2,1-3H3. The molecule has 0 aliphatic carbocycles. The van der Waals surface area contributed by atoms with Crippen LogP contribution in [-0.2, 0) is 6.42 Å². The Morgan fingerprint density at radius 2 is 1.59 bits per heavy atom. The molecule has 17 heavy (non-hydrogen) atoms. The van der Waals surface area contributed by atoms with Crippen LogP contribution in [0.25, 0.3) is 11.1 Å². The van der Waals surface area contributed by atoms with E-state index in [-0.39, 0.29) is 5.41 Å². The van der Waals surface area contributed by atoms with Crippen molar-refractivity contribution in [1.29, 1.82) is 0 Å². The summed E-state index contributed by atoms with van der Waals surface area (Å²) in [7, 11) is 0. The van der Waals surface area contributed by atoms with Gasteiger partial charge in [0.05, 0.1) is 0 Å². The minimum absolute atomic E-state index is 0.268. The van der Waals surface area contributed by atoms with E-state index in [0.29, 0.717) is 0 Å². The van der Waals surface area contributed by atoms with Crippen molar-refractivity contribution in [1.82, 2.24) is 9.97 Å². The van der Waals surface area contributed by atoms with Crippen molar-refractivity contribution in [2.24, 2.45) is 5.41 Å². The maximum absolute atomic E-state index is 4.43. The van der Waals surface area contributed by atoms with Gasteiger partial charge in [0.1, 0.15) is 0 Å². The molecule has 88 valence electrons. The molecule has 2 rings (SSSR count). The molecule has 0 aromatic carbocycles. The molecule has 0 saturated carbocycles. The number of nitrogens with zero attached hydrogens (tertiary/aromatic N) is 2. The molecule has 0 aliphatic rings. The molecule has 2 heterocycles. The average molecular weight is 226 g/mol. The Morgan fingerprint density at radius 1 is 0.941 bits per heavy atom. The van der Waals surface area contributed by atoms with Crippen molar-refractivity contribution in [3.63, 3.8) is 0 Å². The second-order valence-electron chi connectivity index (χ2n) is 5.51. The van der Waals surface area contributed by atoms with Crippen molar-refractivity contribution >= 4 is 0 Å². The molecule has 0 N–H and O–H groups in total. The normalized spacial score (nSPS) is 11.5. The zero-order valence-corrected chi connectivity index (χ0v) is 10.6. The van der Waals surface area contributed by atoms with Gasteiger partial charge in [0.25, 0.3) is 0 Å². The molecule has 0 spiro atoms. The fourth-order valence-electron chi connectivity index (χ4n) is 1.84. The van der Waals surface area contributed by atoms with Gasteiger partial charge in [-0.05, 0) is 47.2 Å². The van der Waals surface area contributed by atoms with Crippen LogP contribution in [0, 0.1) is 5.41 Å². The van der Waals surface area contributed by atoms with E-state index in [9.17, 15) is 0 Å². The van der Waals surface area contributed by atoms with Crippen LogP contribution in [0.5, 0.6) is 0 Å². The van der Waals surface area contributed by atoms with Crippen LogP contribution < -0.4 is 0 Å². The van der Waals surface area contributed by atoms with Gasteiger partial charge in [0.2, 0.25) is 0 Å². The maximum Gasteiger partial charge on any atom is 0.0415 e. The highest BCUT2D eigenvalue weighted by Crippen LogP contribution is 2.23. The van der Waals surface area contributed by atoms with Gasteiger partial charge in [-0.3, -0.25) is 9.97 Å². The van der Waals surface area contributed by atoms with Crippen LogP contribution in [0.2, 0.25) is 0 Å². The average Bonchev–Trinajstić information content (AvgIpc) is 2.28. The summed E-state index contributed by atoms with van der Waals surface area (Å²) in [5, 5.41) is 0. The van der Waals surface area contributed by atoms with Gasteiger partial charge in [-0.1, -0.05) is 20.8 Å². The summed E-state index contributed by atoms with van der Waals surface area (Å²) >= 11 is 0. The van der Waals surface area contributed by atoms with Crippen molar-refractivity contribution in [3.8, 4) is 11.1 Å². The highest BCUT2D eigenvalue weighted by atomic mass is 14.7. The lowest BCUT2D eigenvalue weighted by Gasteiger charge is -2.17. The zero-order chi connectivity index (χ0) is 12.3. The summed E-state index contributed by atoms with van der Waals surface area (Å²) in [5.74, 6) is 0. The summed E-state index contributed by atoms with van der Waals surface area (Å²) in [4.78, 5) is 8.47. The predicted octanol–water partition coefficient (Wildman–Crippen LogP) is 3.73. The fraction of sp³-hybridized carbons (Fsp3) is 0.333. The van der Waals surface area contributed by atoms with Crippen molar-refractivity contribution in [2.75, 3.05) is 0 Å². The summed E-state index contributed by atoms with van der Waals surface area (Å²) in [6.07, 6.45) is 6.52. The van der Waals surface area contributed by atoms with Crippen LogP contribution in [0.4, 0.5) is 0 Å². The van der Waals surface area contributed by atoms with Crippen LogP contribution in [0.15, 0.2) is 42.9 Å². The van der Waals surface area contributed by atoms with Crippen LogP contribution in [0.1, 0.15) is 26.5 Å². The van der Waals surface area contributed by atoms with E-state index in [1.807, 2.05) is 36.8 Å². The van der Waals surface area contributed by atoms with Gasteiger partial charge in [0, 0.05) is 24.3 Å². The largest absolute Gasteiger partial charge is 0.265 e. The van der Waals surface area contributed by atoms with Gasteiger partial charge in [-0.15, -0.1) is 0 Å². The summed E-state index contributed by atoms with van der Waals surface area (Å²) < 4.78 is 0. The minimum atomic E-state index is 0.268. The topological polar surface area (TPSA) is 25.8 Å². The smallest absolute Gasteiger partial charge is 0.0415 e. The molecule has 0 atom stereocenters. The third-order valence-corrected chi connectivity index (χ3v) is 2.54. The van der Waals surface area contributed by atoms with E-state index in [2.05, 4.69) is 36.8 Å². The molecule has 2 nitrogen and oxygen atoms in total. The Bertz CT molecular complexity index is 484. The van der Waals surface area contributed by atoms with Crippen molar-refractivity contribution < 1.29 is 0 Å². The lowest BCUT2D eigenvalue weighted by atomic mass is 9.90. The van der Waals surface area contributed by atoms with Crippen LogP contribution in [0.3, 0.4) is 0 Å². The number of aromatic nitrogens is 2. The number of rotatable bonds is 2. The first-order chi connectivity index (χ1) is 8.04. The molecule has 2 heteroatoms. The van der Waals surface area contributed by atoms with Gasteiger partial charge in [-0.25, -0.2) is 0 Å². The van der Waals surface area contributed by atoms with E-state index >= 15 is 0 Å². The number of pyridine rings is 2. The maximum atomic E-state index is 4.43. The summed E-state index contributed by atoms with van der Waals surface area (Å²) in [6, 6.07) is 8.26. The molecule has 0 fully saturated rings. The Morgan fingerprint density at radius 3 is 2.24 bits per heavy atom. The molecule has 0 saturated heterocycles. The van der Waals surface area contributed by atoms with Crippen LogP contribution in [-0.4, -0.2) is 9.97 Å². The first kappa shape index (κ1) is 11.8. The molecule has 0 radical (unpaired) electrons. The lowest BCUT2D eigenvalue weighted by molar-refractivity contribution is 0.406. The molecule has 0 aliphatic heterocycles. The Balaban J connectivity index is 2.29. The van der Waals surface area contributed by atoms with E-state index in [1.54, 1.807) is 0 Å². The lowest BCUT2D eigenvalue weighted by Crippen LogP contribution is -2.10. The van der Waals surface area contributed by atoms with Gasteiger partial charge < -0.3 is 0 Å². The van der Waals surface area contributed by atoms with Gasteiger partial charge >= 0.3 is 0 Å². The molecule has 0 unspecified atom stereocenters. The highest BCUT2D eigenvalue weighted by molar-refractivity contribution is 5.62. The first-order valence-corrected chi connectivity index (χ1v) is 5.90. The second kappa shape index (κ2) is 4.66. The predicted molar refractivity (Wildman–Crippen MR) is 70.6 cm³/mol. The monoisotopic (exact) mass is 226 g/mol. The van der Waals surface area contributed by atoms with E-state index < -0.39 is 0 Å². The Labute approximate surface area is 103 Å². The third-order valence-electron chi connectivity index (χ3n) is 2.54. The molecular formula is C15H18N2. The quantitative estimate of drug-likeness (QED) is 0.779. The SMILES string of the molecule is CC(C)(C)Cc1cc(-c2ccncc2)ccn1. The minimum Gasteiger partial charge on any atom is -0.265 e. The Hall–Kier alpha value is -1.70. The number of hydrogen-bond donors (Lipinski definition) is 0. The van der Waals surface area contributed by atoms with Crippen molar-refractivity contribution in [2.45, 2.75) is 27.2 Å². The summed E-state index contributed by atoms with van der Waals surface area (Å²) in [5.41, 5.74) is 3.81. The third kappa shape index (κ3) is 3.38. The molecular weight excluding hydrogens is 208 g/mol. The fourth-order valence-corrected chi connectivity index (χ4v) is 1.84. The zero-order valence-electron chi connectivity index (χ0n) is 10.6. The highest BCUT2D eigenvalue weighted by Gasteiger charge is 2.12. The molecule has 2 aromatic rings. The van der Waals surface area contributed by atoms with Crippen LogP contribution >= 0.6 is 0 Å². The van der Waals surface area contributed by atoms with E-state index in [1.165, 1.54) is 11.1 Å². The number of hydrogen-bond acceptors (Lipinski definition) is 2. The first-order valence-electron chi connectivity index (χ1n) is 5.90. The Kier molecular flexibility index (Phi) is 3.23. The van der Waals surface area contributed by atoms with E-state index in [0.717, 1.165) is 12.1 Å². The van der Waals surface area contributed by atoms with Gasteiger partial charge in [-0.2, -0.15) is 0 Å².